The molecule has 7 N–H and O–H groups in total. The van der Waals surface area contributed by atoms with Gasteiger partial charge in [0, 0.05) is 19.4 Å². The maximum absolute atomic E-state index is 11.4. The van der Waals surface area contributed by atoms with E-state index in [4.69, 9.17) is 14.2 Å². The Kier molecular flexibility index (Phi) is 12.0. The average molecular weight is 497 g/mol. The lowest BCUT2D eigenvalue weighted by atomic mass is 9.78. The van der Waals surface area contributed by atoms with Crippen LogP contribution in [-0.2, 0) is 23.7 Å². The highest BCUT2D eigenvalue weighted by Gasteiger charge is 2.59. The molecule has 12 nitrogen and oxygen atoms in total. The molecule has 2 saturated heterocycles. The molecular formula is C22H40O12. The second-order valence-corrected chi connectivity index (χ2v) is 9.02. The Morgan fingerprint density at radius 1 is 0.882 bits per heavy atom. The highest BCUT2D eigenvalue weighted by molar-refractivity contribution is 5.68. The van der Waals surface area contributed by atoms with E-state index in [2.05, 4.69) is 4.74 Å². The van der Waals surface area contributed by atoms with Gasteiger partial charge < -0.3 is 54.7 Å². The second kappa shape index (κ2) is 14.0. The minimum absolute atomic E-state index is 0.167. The molecule has 0 radical (unpaired) electrons. The fourth-order valence-corrected chi connectivity index (χ4v) is 4.41. The summed E-state index contributed by atoms with van der Waals surface area (Å²) in [5.74, 6) is -0.223. The van der Waals surface area contributed by atoms with Crippen LogP contribution in [0.3, 0.4) is 0 Å². The van der Waals surface area contributed by atoms with Crippen LogP contribution in [0.1, 0.15) is 51.4 Å². The third kappa shape index (κ3) is 7.29. The Labute approximate surface area is 199 Å². The summed E-state index contributed by atoms with van der Waals surface area (Å²) in [6.45, 7) is -1.04. The van der Waals surface area contributed by atoms with Crippen LogP contribution < -0.4 is 0 Å². The van der Waals surface area contributed by atoms with E-state index in [0.29, 0.717) is 12.8 Å². The zero-order chi connectivity index (χ0) is 25.3. The van der Waals surface area contributed by atoms with Crippen molar-refractivity contribution < 1.29 is 59.5 Å². The van der Waals surface area contributed by atoms with Gasteiger partial charge in [0.15, 0.2) is 6.29 Å². The topological polar surface area (TPSA) is 196 Å². The number of carbonyl (C=O) groups is 1. The predicted molar refractivity (Wildman–Crippen MR) is 115 cm³/mol. The van der Waals surface area contributed by atoms with E-state index in [0.717, 1.165) is 32.1 Å². The molecule has 2 fully saturated rings. The van der Waals surface area contributed by atoms with Gasteiger partial charge in [0.2, 0.25) is 0 Å². The summed E-state index contributed by atoms with van der Waals surface area (Å²) in [6, 6.07) is 0. The van der Waals surface area contributed by atoms with Gasteiger partial charge >= 0.3 is 5.97 Å². The van der Waals surface area contributed by atoms with Gasteiger partial charge in [-0.15, -0.1) is 0 Å². The summed E-state index contributed by atoms with van der Waals surface area (Å²) in [7, 11) is 1.36. The molecule has 2 aliphatic heterocycles. The highest BCUT2D eigenvalue weighted by atomic mass is 16.7. The van der Waals surface area contributed by atoms with Crippen LogP contribution in [0.4, 0.5) is 0 Å². The molecule has 2 aliphatic rings. The lowest BCUT2D eigenvalue weighted by Gasteiger charge is -2.52. The number of hydrogen-bond acceptors (Lipinski definition) is 12. The average Bonchev–Trinajstić information content (AvgIpc) is 2.82. The maximum atomic E-state index is 11.4. The molecule has 12 heteroatoms. The number of unbranched alkanes of at least 4 members (excludes halogenated alkanes) is 5. The smallest absolute Gasteiger partial charge is 0.305 e. The predicted octanol–water partition coefficient (Wildman–Crippen LogP) is -2.05. The Bertz CT molecular complexity index is 604. The van der Waals surface area contributed by atoms with Gasteiger partial charge in [0.1, 0.15) is 42.2 Å². The zero-order valence-electron chi connectivity index (χ0n) is 19.6. The molecule has 200 valence electrons. The number of aliphatic hydroxyl groups excluding tert-OH is 6. The number of rotatable bonds is 13. The molecule has 0 bridgehead atoms. The molecule has 0 saturated carbocycles. The van der Waals surface area contributed by atoms with E-state index in [9.17, 15) is 40.5 Å². The first-order valence-electron chi connectivity index (χ1n) is 11.8. The zero-order valence-corrected chi connectivity index (χ0v) is 19.6. The van der Waals surface area contributed by atoms with Crippen LogP contribution in [0.25, 0.3) is 0 Å². The van der Waals surface area contributed by atoms with Gasteiger partial charge in [-0.1, -0.05) is 25.7 Å². The number of esters is 1. The normalized spacial score (nSPS) is 38.6. The summed E-state index contributed by atoms with van der Waals surface area (Å²) in [5, 5.41) is 71.3. The molecule has 2 rings (SSSR count). The van der Waals surface area contributed by atoms with E-state index in [1.807, 2.05) is 0 Å². The SMILES string of the molecule is COC(=O)CCCCCCCCO[C@H]1O[C@H](CO)[C@@H](O)C[C@]1(O)[C@@H]1O[C@H](CO)[C@@H](O)[C@H](O)[C@H]1O. The first kappa shape index (κ1) is 29.3. The monoisotopic (exact) mass is 496 g/mol. The first-order valence-corrected chi connectivity index (χ1v) is 11.8. The van der Waals surface area contributed by atoms with Gasteiger partial charge in [0.25, 0.3) is 0 Å². The highest BCUT2D eigenvalue weighted by Crippen LogP contribution is 2.39. The van der Waals surface area contributed by atoms with E-state index in [1.54, 1.807) is 0 Å². The molecule has 34 heavy (non-hydrogen) atoms. The molecular weight excluding hydrogens is 456 g/mol. The Hall–Kier alpha value is -0.930. The number of carbonyl (C=O) groups excluding carboxylic acids is 1. The lowest BCUT2D eigenvalue weighted by Crippen LogP contribution is -2.71. The summed E-state index contributed by atoms with van der Waals surface area (Å²) in [6.07, 6.45) is -6.69. The Balaban J connectivity index is 1.92. The minimum Gasteiger partial charge on any atom is -0.469 e. The van der Waals surface area contributed by atoms with Crippen molar-refractivity contribution in [3.8, 4) is 0 Å². The minimum atomic E-state index is -2.13. The van der Waals surface area contributed by atoms with Crippen LogP contribution in [0.15, 0.2) is 0 Å². The van der Waals surface area contributed by atoms with E-state index >= 15 is 0 Å². The number of methoxy groups -OCH3 is 1. The van der Waals surface area contributed by atoms with E-state index in [-0.39, 0.29) is 12.6 Å². The summed E-state index contributed by atoms with van der Waals surface area (Å²) in [4.78, 5) is 11.1. The van der Waals surface area contributed by atoms with Gasteiger partial charge in [-0.25, -0.2) is 0 Å². The maximum Gasteiger partial charge on any atom is 0.305 e. The van der Waals surface area contributed by atoms with Crippen molar-refractivity contribution in [3.05, 3.63) is 0 Å². The van der Waals surface area contributed by atoms with E-state index < -0.39 is 74.3 Å². The molecule has 0 aromatic heterocycles. The molecule has 0 aliphatic carbocycles. The standard InChI is InChI=1S/C22H40O12/c1-31-16(26)8-6-4-2-3-5-7-9-32-21-22(30,10-13(25)14(11-23)34-21)20-19(29)18(28)17(27)15(12-24)33-20/h13-15,17-21,23-25,27-30H,2-12H2,1H3/t13-,14+,15+,17+,18-,19+,20+,21-,22-/m0/s1. The number of hydrogen-bond donors (Lipinski definition) is 7. The van der Waals surface area contributed by atoms with Crippen LogP contribution >= 0.6 is 0 Å². The third-order valence-electron chi connectivity index (χ3n) is 6.51. The summed E-state index contributed by atoms with van der Waals surface area (Å²) < 4.78 is 21.4. The van der Waals surface area contributed by atoms with Crippen molar-refractivity contribution in [2.24, 2.45) is 0 Å². The first-order chi connectivity index (χ1) is 16.2. The molecule has 0 amide bonds. The number of aliphatic hydroxyl groups is 7. The van der Waals surface area contributed by atoms with E-state index in [1.165, 1.54) is 7.11 Å². The quantitative estimate of drug-likeness (QED) is 0.109. The molecule has 2 heterocycles. The van der Waals surface area contributed by atoms with Gasteiger partial charge in [-0.2, -0.15) is 0 Å². The molecule has 9 atom stereocenters. The van der Waals surface area contributed by atoms with Crippen LogP contribution in [-0.4, -0.2) is 123 Å². The van der Waals surface area contributed by atoms with Gasteiger partial charge in [0.05, 0.1) is 26.4 Å². The van der Waals surface area contributed by atoms with Gasteiger partial charge in [-0.3, -0.25) is 4.79 Å². The van der Waals surface area contributed by atoms with Crippen molar-refractivity contribution in [2.75, 3.05) is 26.9 Å². The summed E-state index contributed by atoms with van der Waals surface area (Å²) in [5.41, 5.74) is -2.13. The fourth-order valence-electron chi connectivity index (χ4n) is 4.41. The molecule has 0 spiro atoms. The van der Waals surface area contributed by atoms with Crippen molar-refractivity contribution >= 4 is 5.97 Å². The largest absolute Gasteiger partial charge is 0.469 e. The van der Waals surface area contributed by atoms with Gasteiger partial charge in [-0.05, 0) is 12.8 Å². The van der Waals surface area contributed by atoms with Crippen molar-refractivity contribution in [2.45, 2.75) is 106 Å². The van der Waals surface area contributed by atoms with Crippen molar-refractivity contribution in [3.63, 3.8) is 0 Å². The molecule has 0 unspecified atom stereocenters. The summed E-state index contributed by atoms with van der Waals surface area (Å²) >= 11 is 0. The fraction of sp³-hybridized carbons (Fsp3) is 0.955. The second-order valence-electron chi connectivity index (χ2n) is 9.02. The van der Waals surface area contributed by atoms with Crippen LogP contribution in [0.5, 0.6) is 0 Å². The van der Waals surface area contributed by atoms with Crippen molar-refractivity contribution in [1.29, 1.82) is 0 Å². The molecule has 0 aromatic carbocycles. The lowest BCUT2D eigenvalue weighted by molar-refractivity contribution is -0.360. The number of ether oxygens (including phenoxy) is 4. The molecule has 0 aromatic rings. The third-order valence-corrected chi connectivity index (χ3v) is 6.51. The van der Waals surface area contributed by atoms with Crippen LogP contribution in [0.2, 0.25) is 0 Å². The Morgan fingerprint density at radius 3 is 2.12 bits per heavy atom. The van der Waals surface area contributed by atoms with Crippen LogP contribution in [0, 0.1) is 0 Å². The Morgan fingerprint density at radius 2 is 1.50 bits per heavy atom. The van der Waals surface area contributed by atoms with Crippen molar-refractivity contribution in [1.82, 2.24) is 0 Å².